The van der Waals surface area contributed by atoms with Gasteiger partial charge < -0.3 is 20.2 Å². The minimum atomic E-state index is -0.666. The van der Waals surface area contributed by atoms with E-state index < -0.39 is 11.0 Å². The minimum Gasteiger partial charge on any atom is -0.373 e. The van der Waals surface area contributed by atoms with Crippen LogP contribution in [0.1, 0.15) is 0 Å². The molecule has 0 aliphatic carbocycles. The van der Waals surface area contributed by atoms with Crippen LogP contribution in [0, 0.1) is 10.1 Å². The van der Waals surface area contributed by atoms with Gasteiger partial charge in [-0.15, -0.1) is 0 Å². The molecule has 0 bridgehead atoms. The molecule has 7 nitrogen and oxygen atoms in total. The van der Waals surface area contributed by atoms with Crippen molar-refractivity contribution in [3.8, 4) is 5.88 Å². The first kappa shape index (κ1) is 10.0. The Kier molecular flexibility index (Phi) is 2.70. The lowest BCUT2D eigenvalue weighted by Crippen LogP contribution is -2.23. The summed E-state index contributed by atoms with van der Waals surface area (Å²) in [5, 5.41) is 12.7. The molecule has 0 unspecified atom stereocenters. The van der Waals surface area contributed by atoms with Gasteiger partial charge in [0.1, 0.15) is 0 Å². The number of ether oxygens (including phenoxy) is 1. The number of carbonyl (C=O) groups excluding carboxylic acids is 1. The molecule has 1 heterocycles. The molecule has 1 amide bonds. The zero-order chi connectivity index (χ0) is 10.7. The Hall–Kier alpha value is -2.05. The summed E-state index contributed by atoms with van der Waals surface area (Å²) in [6, 6.07) is 2.62. The van der Waals surface area contributed by atoms with E-state index in [0.717, 1.165) is 0 Å². The fraction of sp³-hybridized carbons (Fsp3) is 0.286. The van der Waals surface area contributed by atoms with E-state index in [9.17, 15) is 14.9 Å². The number of hydrogen-bond acceptors (Lipinski definition) is 4. The van der Waals surface area contributed by atoms with Gasteiger partial charge in [0.2, 0.25) is 0 Å². The maximum absolute atomic E-state index is 10.8. The molecular formula is C7H9N3O4. The molecule has 1 rings (SSSR count). The second-order valence-corrected chi connectivity index (χ2v) is 2.49. The van der Waals surface area contributed by atoms with Crippen molar-refractivity contribution in [3.05, 3.63) is 22.2 Å². The highest BCUT2D eigenvalue weighted by Gasteiger charge is 2.17. The Morgan fingerprint density at radius 2 is 2.29 bits per heavy atom. The summed E-state index contributed by atoms with van der Waals surface area (Å²) in [6.45, 7) is 0. The van der Waals surface area contributed by atoms with Crippen molar-refractivity contribution in [2.75, 3.05) is 7.05 Å². The first-order valence-corrected chi connectivity index (χ1v) is 3.76. The molecule has 76 valence electrons. The molecule has 0 fully saturated rings. The molecule has 1 aromatic rings. The molecule has 0 aliphatic rings. The molecule has 0 saturated heterocycles. The smallest absolute Gasteiger partial charge is 0.373 e. The number of amides is 1. The van der Waals surface area contributed by atoms with Crippen molar-refractivity contribution in [2.24, 2.45) is 7.05 Å². The number of hydrogen-bond donors (Lipinski definition) is 1. The number of carbonyl (C=O) groups is 1. The fourth-order valence-electron chi connectivity index (χ4n) is 0.914. The summed E-state index contributed by atoms with van der Waals surface area (Å²) in [7, 11) is 2.84. The van der Waals surface area contributed by atoms with Crippen molar-refractivity contribution in [1.82, 2.24) is 9.88 Å². The van der Waals surface area contributed by atoms with Gasteiger partial charge in [0, 0.05) is 19.2 Å². The third-order valence-corrected chi connectivity index (χ3v) is 1.64. The molecule has 1 N–H and O–H groups in total. The third kappa shape index (κ3) is 1.82. The van der Waals surface area contributed by atoms with Gasteiger partial charge in [-0.1, -0.05) is 0 Å². The third-order valence-electron chi connectivity index (χ3n) is 1.64. The summed E-state index contributed by atoms with van der Waals surface area (Å²) >= 11 is 0. The van der Waals surface area contributed by atoms with Crippen molar-refractivity contribution in [1.29, 1.82) is 0 Å². The average Bonchev–Trinajstić information content (AvgIpc) is 2.48. The van der Waals surface area contributed by atoms with Crippen LogP contribution in [0.4, 0.5) is 10.6 Å². The van der Waals surface area contributed by atoms with Crippen LogP contribution in [0.2, 0.25) is 0 Å². The van der Waals surface area contributed by atoms with E-state index in [4.69, 9.17) is 4.74 Å². The van der Waals surface area contributed by atoms with Gasteiger partial charge in [-0.25, -0.2) is 4.79 Å². The van der Waals surface area contributed by atoms with Crippen LogP contribution in [-0.4, -0.2) is 22.6 Å². The first-order chi connectivity index (χ1) is 6.56. The van der Waals surface area contributed by atoms with Crippen LogP contribution in [0.15, 0.2) is 12.1 Å². The fourth-order valence-corrected chi connectivity index (χ4v) is 0.914. The molecule has 0 atom stereocenters. The van der Waals surface area contributed by atoms with Crippen LogP contribution < -0.4 is 10.1 Å². The normalized spacial score (nSPS) is 9.57. The summed E-state index contributed by atoms with van der Waals surface area (Å²) in [4.78, 5) is 20.7. The largest absolute Gasteiger partial charge is 0.415 e. The first-order valence-electron chi connectivity index (χ1n) is 3.76. The van der Waals surface area contributed by atoms with E-state index >= 15 is 0 Å². The monoisotopic (exact) mass is 199 g/mol. The molecule has 0 saturated carbocycles. The number of nitro groups is 1. The molecule has 0 radical (unpaired) electrons. The summed E-state index contributed by atoms with van der Waals surface area (Å²) in [5.41, 5.74) is 0. The highest BCUT2D eigenvalue weighted by Crippen LogP contribution is 2.20. The summed E-state index contributed by atoms with van der Waals surface area (Å²) in [6.07, 6.45) is -0.666. The average molecular weight is 199 g/mol. The maximum Gasteiger partial charge on any atom is 0.415 e. The Morgan fingerprint density at radius 3 is 2.71 bits per heavy atom. The van der Waals surface area contributed by atoms with Crippen LogP contribution in [0.5, 0.6) is 5.88 Å². The summed E-state index contributed by atoms with van der Waals surface area (Å²) in [5.74, 6) is -0.0139. The molecule has 0 aromatic carbocycles. The van der Waals surface area contributed by atoms with Crippen LogP contribution in [-0.2, 0) is 7.05 Å². The van der Waals surface area contributed by atoms with Gasteiger partial charge in [-0.3, -0.25) is 0 Å². The second-order valence-electron chi connectivity index (χ2n) is 2.49. The highest BCUT2D eigenvalue weighted by atomic mass is 16.6. The van der Waals surface area contributed by atoms with Gasteiger partial charge in [0.15, 0.2) is 0 Å². The molecule has 0 aliphatic heterocycles. The van der Waals surface area contributed by atoms with Gasteiger partial charge in [-0.2, -0.15) is 4.57 Å². The highest BCUT2D eigenvalue weighted by molar-refractivity contribution is 5.69. The molecular weight excluding hydrogens is 190 g/mol. The van der Waals surface area contributed by atoms with Gasteiger partial charge in [0.25, 0.3) is 5.88 Å². The van der Waals surface area contributed by atoms with E-state index in [1.165, 1.54) is 30.8 Å². The van der Waals surface area contributed by atoms with Crippen LogP contribution in [0.3, 0.4) is 0 Å². The van der Waals surface area contributed by atoms with E-state index in [1.807, 2.05) is 0 Å². The second kappa shape index (κ2) is 3.77. The number of nitrogens with one attached hydrogen (secondary N) is 1. The van der Waals surface area contributed by atoms with E-state index in [0.29, 0.717) is 0 Å². The molecule has 0 spiro atoms. The minimum absolute atomic E-state index is 0.121. The lowest BCUT2D eigenvalue weighted by Gasteiger charge is -2.00. The van der Waals surface area contributed by atoms with E-state index in [-0.39, 0.29) is 11.7 Å². The number of rotatable bonds is 2. The van der Waals surface area contributed by atoms with Crippen molar-refractivity contribution in [2.45, 2.75) is 0 Å². The zero-order valence-electron chi connectivity index (χ0n) is 7.68. The standard InChI is InChI=1S/C7H9N3O4/c1-8-7(11)14-6-4-3-5(9(6)2)10(12)13/h3-4H,1-2H3,(H,8,11). The Labute approximate surface area is 79.4 Å². The van der Waals surface area contributed by atoms with Gasteiger partial charge in [0.05, 0.1) is 7.05 Å². The molecule has 14 heavy (non-hydrogen) atoms. The topological polar surface area (TPSA) is 86.4 Å². The van der Waals surface area contributed by atoms with Crippen molar-refractivity contribution in [3.63, 3.8) is 0 Å². The lowest BCUT2D eigenvalue weighted by atomic mass is 10.6. The Balaban J connectivity index is 2.90. The quantitative estimate of drug-likeness (QED) is 0.559. The number of nitrogens with zero attached hydrogens (tertiary/aromatic N) is 2. The number of aromatic nitrogens is 1. The van der Waals surface area contributed by atoms with Crippen molar-refractivity contribution >= 4 is 11.9 Å². The van der Waals surface area contributed by atoms with Gasteiger partial charge >= 0.3 is 11.9 Å². The predicted octanol–water partition coefficient (Wildman–Crippen LogP) is 0.651. The molecule has 1 aromatic heterocycles. The zero-order valence-corrected chi connectivity index (χ0v) is 7.68. The van der Waals surface area contributed by atoms with E-state index in [2.05, 4.69) is 5.32 Å². The van der Waals surface area contributed by atoms with Crippen molar-refractivity contribution < 1.29 is 14.5 Å². The lowest BCUT2D eigenvalue weighted by molar-refractivity contribution is -0.391. The van der Waals surface area contributed by atoms with Crippen LogP contribution >= 0.6 is 0 Å². The predicted molar refractivity (Wildman–Crippen MR) is 47.2 cm³/mol. The summed E-state index contributed by atoms with van der Waals surface area (Å²) < 4.78 is 5.91. The van der Waals surface area contributed by atoms with Gasteiger partial charge in [-0.05, 0) is 4.92 Å². The molecule has 7 heteroatoms. The van der Waals surface area contributed by atoms with Crippen LogP contribution in [0.25, 0.3) is 0 Å². The SMILES string of the molecule is CNC(=O)Oc1ccc([N+](=O)[O-])n1C. The maximum atomic E-state index is 10.8. The Morgan fingerprint density at radius 1 is 1.64 bits per heavy atom. The Bertz CT molecular complexity index is 371. The van der Waals surface area contributed by atoms with E-state index in [1.54, 1.807) is 0 Å².